The molecule has 0 aliphatic carbocycles. The van der Waals surface area contributed by atoms with Gasteiger partial charge in [-0.2, -0.15) is 4.98 Å². The Balaban J connectivity index is 1.73. The average molecular weight is 573 g/mol. The van der Waals surface area contributed by atoms with Crippen molar-refractivity contribution in [2.24, 2.45) is 0 Å². The van der Waals surface area contributed by atoms with Gasteiger partial charge in [0.1, 0.15) is 16.5 Å². The molecule has 0 unspecified atom stereocenters. The van der Waals surface area contributed by atoms with Gasteiger partial charge in [0, 0.05) is 24.6 Å². The van der Waals surface area contributed by atoms with Crippen LogP contribution in [0.4, 0.5) is 9.93 Å². The summed E-state index contributed by atoms with van der Waals surface area (Å²) in [5, 5.41) is 11.7. The molecule has 3 rings (SSSR count). The number of nitrogens with one attached hydrogen (secondary N) is 3. The molecule has 0 spiro atoms. The molecule has 3 aromatic rings. The third-order valence-electron chi connectivity index (χ3n) is 5.03. The number of anilines is 1. The number of rotatable bonds is 10. The summed E-state index contributed by atoms with van der Waals surface area (Å²) in [7, 11) is 0. The third kappa shape index (κ3) is 8.59. The molecule has 40 heavy (non-hydrogen) atoms. The van der Waals surface area contributed by atoms with Crippen LogP contribution in [0.1, 0.15) is 65.7 Å². The molecule has 3 amide bonds. The van der Waals surface area contributed by atoms with Crippen molar-refractivity contribution in [2.75, 3.05) is 18.5 Å². The fourth-order valence-electron chi connectivity index (χ4n) is 3.26. The molecule has 1 atom stereocenters. The molecule has 1 aromatic carbocycles. The van der Waals surface area contributed by atoms with Gasteiger partial charge in [-0.1, -0.05) is 35.5 Å². The van der Waals surface area contributed by atoms with Gasteiger partial charge in [-0.3, -0.25) is 9.59 Å². The van der Waals surface area contributed by atoms with E-state index in [0.717, 1.165) is 11.3 Å². The first-order valence-corrected chi connectivity index (χ1v) is 13.3. The minimum absolute atomic E-state index is 0.136. The van der Waals surface area contributed by atoms with E-state index in [4.69, 9.17) is 14.0 Å². The second-order valence-corrected chi connectivity index (χ2v) is 10.7. The standard InChI is InChI=1S/C26H32N6O7S/c1-7-11-37-23(35)19-14(2)28-24(40-19)31-22(34)18(30-25(36)38-26(4,5)6)13-27-21(33)17-10-8-9-16(12-17)20-29-15(3)39-32-20/h8-10,12,18H,7,11,13H2,1-6H3,(H,27,33)(H,30,36)(H,28,31,34)/t18-/m0/s1. The van der Waals surface area contributed by atoms with E-state index in [2.05, 4.69) is 31.1 Å². The smallest absolute Gasteiger partial charge is 0.408 e. The summed E-state index contributed by atoms with van der Waals surface area (Å²) in [6.45, 7) is 10.2. The highest BCUT2D eigenvalue weighted by molar-refractivity contribution is 7.17. The quantitative estimate of drug-likeness (QED) is 0.304. The Hall–Kier alpha value is -4.33. The lowest BCUT2D eigenvalue weighted by atomic mass is 10.1. The highest BCUT2D eigenvalue weighted by Gasteiger charge is 2.27. The topological polar surface area (TPSA) is 175 Å². The van der Waals surface area contributed by atoms with E-state index in [9.17, 15) is 19.2 Å². The molecule has 0 aliphatic heterocycles. The summed E-state index contributed by atoms with van der Waals surface area (Å²) in [6.07, 6.45) is -0.187. The maximum absolute atomic E-state index is 13.2. The molecule has 2 heterocycles. The van der Waals surface area contributed by atoms with Gasteiger partial charge in [0.15, 0.2) is 5.13 Å². The number of nitrogens with zero attached hydrogens (tertiary/aromatic N) is 3. The van der Waals surface area contributed by atoms with Crippen molar-refractivity contribution in [2.45, 2.75) is 59.6 Å². The first-order chi connectivity index (χ1) is 18.9. The zero-order valence-electron chi connectivity index (χ0n) is 23.1. The lowest BCUT2D eigenvalue weighted by Crippen LogP contribution is -2.51. The summed E-state index contributed by atoms with van der Waals surface area (Å²) in [4.78, 5) is 59.5. The van der Waals surface area contributed by atoms with Crippen molar-refractivity contribution in [3.63, 3.8) is 0 Å². The highest BCUT2D eigenvalue weighted by Crippen LogP contribution is 2.24. The van der Waals surface area contributed by atoms with Crippen molar-refractivity contribution >= 4 is 40.3 Å². The van der Waals surface area contributed by atoms with E-state index >= 15 is 0 Å². The lowest BCUT2D eigenvalue weighted by molar-refractivity contribution is -0.118. The van der Waals surface area contributed by atoms with E-state index < -0.39 is 35.5 Å². The minimum atomic E-state index is -1.23. The molecular weight excluding hydrogens is 540 g/mol. The van der Waals surface area contributed by atoms with Crippen LogP contribution in [0.2, 0.25) is 0 Å². The zero-order chi connectivity index (χ0) is 29.4. The van der Waals surface area contributed by atoms with E-state index in [1.807, 2.05) is 6.92 Å². The number of carbonyl (C=O) groups is 4. The molecule has 14 heteroatoms. The maximum Gasteiger partial charge on any atom is 0.408 e. The molecule has 13 nitrogen and oxygen atoms in total. The Morgan fingerprint density at radius 2 is 1.88 bits per heavy atom. The number of esters is 1. The Kier molecular flexibility index (Phi) is 9.93. The molecule has 214 valence electrons. The third-order valence-corrected chi connectivity index (χ3v) is 6.09. The molecule has 0 fully saturated rings. The summed E-state index contributed by atoms with van der Waals surface area (Å²) < 4.78 is 15.4. The van der Waals surface area contributed by atoms with Gasteiger partial charge in [0.05, 0.1) is 12.3 Å². The zero-order valence-corrected chi connectivity index (χ0v) is 23.9. The van der Waals surface area contributed by atoms with Crippen LogP contribution < -0.4 is 16.0 Å². The second-order valence-electron chi connectivity index (χ2n) is 9.69. The van der Waals surface area contributed by atoms with E-state index in [1.165, 1.54) is 0 Å². The van der Waals surface area contributed by atoms with Gasteiger partial charge < -0.3 is 29.9 Å². The predicted molar refractivity (Wildman–Crippen MR) is 146 cm³/mol. The Labute approximate surface area is 235 Å². The number of aryl methyl sites for hydroxylation is 2. The predicted octanol–water partition coefficient (Wildman–Crippen LogP) is 3.64. The molecule has 0 saturated heterocycles. The molecule has 0 radical (unpaired) electrons. The number of aromatic nitrogens is 3. The summed E-state index contributed by atoms with van der Waals surface area (Å²) in [5.41, 5.74) is 0.422. The van der Waals surface area contributed by atoms with Crippen LogP contribution in [-0.2, 0) is 14.3 Å². The highest BCUT2D eigenvalue weighted by atomic mass is 32.1. The van der Waals surface area contributed by atoms with Crippen LogP contribution in [-0.4, -0.2) is 63.8 Å². The van der Waals surface area contributed by atoms with Crippen molar-refractivity contribution in [1.82, 2.24) is 25.8 Å². The molecule has 3 N–H and O–H groups in total. The molecule has 2 aromatic heterocycles. The number of hydrogen-bond donors (Lipinski definition) is 3. The number of benzene rings is 1. The second kappa shape index (κ2) is 13.2. The normalized spacial score (nSPS) is 11.8. The molecular formula is C26H32N6O7S. The number of alkyl carbamates (subject to hydrolysis) is 1. The van der Waals surface area contributed by atoms with Crippen LogP contribution in [0.15, 0.2) is 28.8 Å². The SMILES string of the molecule is CCCOC(=O)c1sc(NC(=O)[C@H](CNC(=O)c2cccc(-c3noc(C)n3)c2)NC(=O)OC(C)(C)C)nc1C. The van der Waals surface area contributed by atoms with E-state index in [1.54, 1.807) is 58.9 Å². The Morgan fingerprint density at radius 1 is 1.12 bits per heavy atom. The number of carbonyl (C=O) groups excluding carboxylic acids is 4. The van der Waals surface area contributed by atoms with E-state index in [0.29, 0.717) is 29.4 Å². The number of amides is 3. The average Bonchev–Trinajstić information content (AvgIpc) is 3.48. The van der Waals surface area contributed by atoms with Crippen molar-refractivity contribution < 1.29 is 33.2 Å². The monoisotopic (exact) mass is 572 g/mol. The summed E-state index contributed by atoms with van der Waals surface area (Å²) in [6, 6.07) is 5.31. The minimum Gasteiger partial charge on any atom is -0.461 e. The Bertz CT molecular complexity index is 1380. The van der Waals surface area contributed by atoms with Gasteiger partial charge in [0.25, 0.3) is 11.8 Å². The van der Waals surface area contributed by atoms with Crippen LogP contribution in [0, 0.1) is 13.8 Å². The first kappa shape index (κ1) is 30.2. The largest absolute Gasteiger partial charge is 0.461 e. The van der Waals surface area contributed by atoms with Gasteiger partial charge in [-0.25, -0.2) is 14.6 Å². The maximum atomic E-state index is 13.2. The number of ether oxygens (including phenoxy) is 2. The number of hydrogen-bond acceptors (Lipinski definition) is 11. The fraction of sp³-hybridized carbons (Fsp3) is 0.423. The van der Waals surface area contributed by atoms with Gasteiger partial charge in [0.2, 0.25) is 11.7 Å². The molecule has 0 saturated carbocycles. The first-order valence-electron chi connectivity index (χ1n) is 12.5. The van der Waals surface area contributed by atoms with Crippen LogP contribution in [0.25, 0.3) is 11.4 Å². The van der Waals surface area contributed by atoms with Crippen LogP contribution >= 0.6 is 11.3 Å². The fourth-order valence-corrected chi connectivity index (χ4v) is 4.13. The van der Waals surface area contributed by atoms with Gasteiger partial charge in [-0.05, 0) is 46.2 Å². The molecule has 0 bridgehead atoms. The lowest BCUT2D eigenvalue weighted by Gasteiger charge is -2.23. The van der Waals surface area contributed by atoms with E-state index in [-0.39, 0.29) is 28.7 Å². The number of thiazole rings is 1. The van der Waals surface area contributed by atoms with Gasteiger partial charge >= 0.3 is 12.1 Å². The van der Waals surface area contributed by atoms with Crippen LogP contribution in [0.5, 0.6) is 0 Å². The van der Waals surface area contributed by atoms with Crippen molar-refractivity contribution in [1.29, 1.82) is 0 Å². The Morgan fingerprint density at radius 3 is 2.52 bits per heavy atom. The van der Waals surface area contributed by atoms with Gasteiger partial charge in [-0.15, -0.1) is 0 Å². The van der Waals surface area contributed by atoms with Crippen molar-refractivity contribution in [3.05, 3.63) is 46.3 Å². The van der Waals surface area contributed by atoms with Crippen molar-refractivity contribution in [3.8, 4) is 11.4 Å². The summed E-state index contributed by atoms with van der Waals surface area (Å²) in [5.74, 6) is -1.01. The summed E-state index contributed by atoms with van der Waals surface area (Å²) >= 11 is 0.947. The van der Waals surface area contributed by atoms with Crippen LogP contribution in [0.3, 0.4) is 0 Å². The molecule has 0 aliphatic rings.